The average molecular weight is 258 g/mol. The Morgan fingerprint density at radius 3 is 3.07 bits per heavy atom. The lowest BCUT2D eigenvalue weighted by Gasteiger charge is -2.24. The Hall–Kier alpha value is -0.740. The number of fused-ring (bicyclic) bond motifs is 1. The van der Waals surface area contributed by atoms with Crippen LogP contribution >= 0.6 is 15.9 Å². The molecule has 3 nitrogen and oxygen atoms in total. The fraction of sp³-hybridized carbons (Fsp3) is 0.400. The van der Waals surface area contributed by atoms with Crippen molar-refractivity contribution in [1.82, 2.24) is 0 Å². The summed E-state index contributed by atoms with van der Waals surface area (Å²) in [6.45, 7) is 0.680. The molecule has 0 bridgehead atoms. The van der Waals surface area contributed by atoms with E-state index in [1.807, 2.05) is 12.1 Å². The van der Waals surface area contributed by atoms with Crippen LogP contribution in [-0.2, 0) is 0 Å². The van der Waals surface area contributed by atoms with Crippen LogP contribution in [0.1, 0.15) is 18.0 Å². The van der Waals surface area contributed by atoms with E-state index in [1.54, 1.807) is 7.11 Å². The first kappa shape index (κ1) is 9.80. The molecule has 76 valence electrons. The van der Waals surface area contributed by atoms with Gasteiger partial charge in [0.05, 0.1) is 18.2 Å². The molecule has 1 aliphatic heterocycles. The minimum atomic E-state index is 0.0464. The van der Waals surface area contributed by atoms with Gasteiger partial charge < -0.3 is 15.2 Å². The number of ether oxygens (including phenoxy) is 2. The van der Waals surface area contributed by atoms with Crippen molar-refractivity contribution in [3.63, 3.8) is 0 Å². The van der Waals surface area contributed by atoms with Crippen LogP contribution in [0.4, 0.5) is 0 Å². The Labute approximate surface area is 91.3 Å². The van der Waals surface area contributed by atoms with E-state index in [0.29, 0.717) is 6.61 Å². The summed E-state index contributed by atoms with van der Waals surface area (Å²) in [5.74, 6) is 1.65. The Morgan fingerprint density at radius 2 is 2.36 bits per heavy atom. The number of rotatable bonds is 1. The van der Waals surface area contributed by atoms with Crippen LogP contribution in [0.5, 0.6) is 11.5 Å². The maximum Gasteiger partial charge on any atom is 0.138 e. The molecule has 4 heteroatoms. The quantitative estimate of drug-likeness (QED) is 0.840. The molecule has 14 heavy (non-hydrogen) atoms. The Morgan fingerprint density at radius 1 is 1.57 bits per heavy atom. The first-order valence-corrected chi connectivity index (χ1v) is 5.27. The van der Waals surface area contributed by atoms with Gasteiger partial charge in [-0.15, -0.1) is 0 Å². The number of methoxy groups -OCH3 is 1. The fourth-order valence-corrected chi connectivity index (χ4v) is 2.15. The number of hydrogen-bond acceptors (Lipinski definition) is 3. The monoisotopic (exact) mass is 257 g/mol. The van der Waals surface area contributed by atoms with Crippen LogP contribution in [0, 0.1) is 0 Å². The van der Waals surface area contributed by atoms with Gasteiger partial charge in [-0.3, -0.25) is 0 Å². The SMILES string of the molecule is COc1cc(Br)c2c(c1)C(N)CCO2. The molecule has 0 saturated carbocycles. The second-order valence-corrected chi connectivity index (χ2v) is 4.13. The van der Waals surface area contributed by atoms with E-state index in [4.69, 9.17) is 15.2 Å². The third kappa shape index (κ3) is 1.60. The zero-order valence-electron chi connectivity index (χ0n) is 7.92. The number of hydrogen-bond donors (Lipinski definition) is 1. The van der Waals surface area contributed by atoms with Gasteiger partial charge in [-0.25, -0.2) is 0 Å². The van der Waals surface area contributed by atoms with Crippen LogP contribution in [0.3, 0.4) is 0 Å². The maximum atomic E-state index is 5.98. The molecule has 0 saturated heterocycles. The smallest absolute Gasteiger partial charge is 0.138 e. The predicted octanol–water partition coefficient (Wildman–Crippen LogP) is 2.24. The van der Waals surface area contributed by atoms with Crippen molar-refractivity contribution in [2.24, 2.45) is 5.73 Å². The minimum absolute atomic E-state index is 0.0464. The molecular weight excluding hydrogens is 246 g/mol. The van der Waals surface area contributed by atoms with E-state index in [1.165, 1.54) is 0 Å². The summed E-state index contributed by atoms with van der Waals surface area (Å²) in [5.41, 5.74) is 7.00. The Balaban J connectivity index is 2.51. The molecular formula is C10H12BrNO2. The van der Waals surface area contributed by atoms with Crippen LogP contribution < -0.4 is 15.2 Å². The van der Waals surface area contributed by atoms with Crippen molar-refractivity contribution in [3.05, 3.63) is 22.2 Å². The summed E-state index contributed by atoms with van der Waals surface area (Å²) in [5, 5.41) is 0. The molecule has 1 unspecified atom stereocenters. The van der Waals surface area contributed by atoms with E-state index in [9.17, 15) is 0 Å². The molecule has 1 heterocycles. The largest absolute Gasteiger partial charge is 0.497 e. The molecule has 1 aromatic carbocycles. The van der Waals surface area contributed by atoms with Gasteiger partial charge in [-0.1, -0.05) is 0 Å². The van der Waals surface area contributed by atoms with Crippen LogP contribution in [0.2, 0.25) is 0 Å². The van der Waals surface area contributed by atoms with Crippen molar-refractivity contribution in [1.29, 1.82) is 0 Å². The summed E-state index contributed by atoms with van der Waals surface area (Å²) in [6, 6.07) is 3.87. The fourth-order valence-electron chi connectivity index (χ4n) is 1.58. The highest BCUT2D eigenvalue weighted by Crippen LogP contribution is 2.39. The van der Waals surface area contributed by atoms with Gasteiger partial charge in [0.1, 0.15) is 11.5 Å². The van der Waals surface area contributed by atoms with Gasteiger partial charge in [0.25, 0.3) is 0 Å². The first-order valence-electron chi connectivity index (χ1n) is 4.48. The molecule has 0 fully saturated rings. The third-order valence-electron chi connectivity index (χ3n) is 2.36. The van der Waals surface area contributed by atoms with Crippen molar-refractivity contribution in [3.8, 4) is 11.5 Å². The summed E-state index contributed by atoms with van der Waals surface area (Å²) in [4.78, 5) is 0. The molecule has 2 rings (SSSR count). The van der Waals surface area contributed by atoms with Gasteiger partial charge >= 0.3 is 0 Å². The normalized spacial score (nSPS) is 19.8. The van der Waals surface area contributed by atoms with Crippen LogP contribution in [0.25, 0.3) is 0 Å². The number of nitrogens with two attached hydrogens (primary N) is 1. The second kappa shape index (κ2) is 3.79. The van der Waals surface area contributed by atoms with Gasteiger partial charge in [-0.2, -0.15) is 0 Å². The highest BCUT2D eigenvalue weighted by molar-refractivity contribution is 9.10. The lowest BCUT2D eigenvalue weighted by molar-refractivity contribution is 0.266. The first-order chi connectivity index (χ1) is 6.72. The summed E-state index contributed by atoms with van der Waals surface area (Å²) in [7, 11) is 1.64. The summed E-state index contributed by atoms with van der Waals surface area (Å²) >= 11 is 3.44. The number of benzene rings is 1. The van der Waals surface area contributed by atoms with Gasteiger partial charge in [0.2, 0.25) is 0 Å². The molecule has 1 aromatic rings. The molecule has 1 aliphatic rings. The van der Waals surface area contributed by atoms with E-state index in [-0.39, 0.29) is 6.04 Å². The van der Waals surface area contributed by atoms with Gasteiger partial charge in [-0.05, 0) is 28.1 Å². The zero-order valence-corrected chi connectivity index (χ0v) is 9.50. The van der Waals surface area contributed by atoms with Crippen molar-refractivity contribution in [2.45, 2.75) is 12.5 Å². The zero-order chi connectivity index (χ0) is 10.1. The third-order valence-corrected chi connectivity index (χ3v) is 2.95. The van der Waals surface area contributed by atoms with E-state index in [0.717, 1.165) is 28.0 Å². The van der Waals surface area contributed by atoms with E-state index < -0.39 is 0 Å². The summed E-state index contributed by atoms with van der Waals surface area (Å²) in [6.07, 6.45) is 0.854. The number of halogens is 1. The molecule has 2 N–H and O–H groups in total. The molecule has 0 aliphatic carbocycles. The highest BCUT2D eigenvalue weighted by Gasteiger charge is 2.21. The molecule has 0 spiro atoms. The van der Waals surface area contributed by atoms with Crippen molar-refractivity contribution >= 4 is 15.9 Å². The standard InChI is InChI=1S/C10H12BrNO2/c1-13-6-4-7-9(12)2-3-14-10(7)8(11)5-6/h4-5,9H,2-3,12H2,1H3. The van der Waals surface area contributed by atoms with Crippen molar-refractivity contribution < 1.29 is 9.47 Å². The Bertz CT molecular complexity index is 354. The molecule has 0 aromatic heterocycles. The van der Waals surface area contributed by atoms with E-state index in [2.05, 4.69) is 15.9 Å². The Kier molecular flexibility index (Phi) is 2.65. The average Bonchev–Trinajstić information content (AvgIpc) is 2.19. The second-order valence-electron chi connectivity index (χ2n) is 3.27. The lowest BCUT2D eigenvalue weighted by Crippen LogP contribution is -2.20. The van der Waals surface area contributed by atoms with Gasteiger partial charge in [0, 0.05) is 18.0 Å². The summed E-state index contributed by atoms with van der Waals surface area (Å²) < 4.78 is 11.6. The highest BCUT2D eigenvalue weighted by atomic mass is 79.9. The maximum absolute atomic E-state index is 5.98. The van der Waals surface area contributed by atoms with Crippen LogP contribution in [0.15, 0.2) is 16.6 Å². The van der Waals surface area contributed by atoms with Crippen LogP contribution in [-0.4, -0.2) is 13.7 Å². The minimum Gasteiger partial charge on any atom is -0.497 e. The topological polar surface area (TPSA) is 44.5 Å². The molecule has 0 amide bonds. The molecule has 1 atom stereocenters. The van der Waals surface area contributed by atoms with Crippen molar-refractivity contribution in [2.75, 3.05) is 13.7 Å². The molecule has 0 radical (unpaired) electrons. The predicted molar refractivity (Wildman–Crippen MR) is 57.7 cm³/mol. The van der Waals surface area contributed by atoms with E-state index >= 15 is 0 Å². The van der Waals surface area contributed by atoms with Gasteiger partial charge in [0.15, 0.2) is 0 Å². The lowest BCUT2D eigenvalue weighted by atomic mass is 10.0.